The smallest absolute Gasteiger partial charge is 0.230 e. The quantitative estimate of drug-likeness (QED) is 0.573. The monoisotopic (exact) mass is 484 g/mol. The lowest BCUT2D eigenvalue weighted by Gasteiger charge is -2.17. The highest BCUT2D eigenvalue weighted by atomic mass is 79.9. The maximum Gasteiger partial charge on any atom is 0.230 e. The van der Waals surface area contributed by atoms with Gasteiger partial charge >= 0.3 is 0 Å². The van der Waals surface area contributed by atoms with Gasteiger partial charge in [0.1, 0.15) is 5.01 Å². The van der Waals surface area contributed by atoms with Crippen LogP contribution >= 0.6 is 27.3 Å². The minimum atomic E-state index is -0.139. The van der Waals surface area contributed by atoms with Gasteiger partial charge in [0.2, 0.25) is 16.9 Å². The number of carbonyl (C=O) groups excluding carboxylic acids is 2. The van der Waals surface area contributed by atoms with E-state index in [0.29, 0.717) is 18.1 Å². The summed E-state index contributed by atoms with van der Waals surface area (Å²) < 4.78 is 0.974. The summed E-state index contributed by atoms with van der Waals surface area (Å²) >= 11 is 4.72. The molecular formula is C22H21BrN4O2S. The number of nitrogens with zero attached hydrogens (tertiary/aromatic N) is 3. The summed E-state index contributed by atoms with van der Waals surface area (Å²) in [6, 6.07) is 13.8. The number of amides is 2. The molecule has 0 spiro atoms. The summed E-state index contributed by atoms with van der Waals surface area (Å²) in [4.78, 5) is 26.7. The molecule has 0 bridgehead atoms. The van der Waals surface area contributed by atoms with Gasteiger partial charge in [-0.15, -0.1) is 10.2 Å². The normalized spacial score (nSPS) is 16.2. The fourth-order valence-electron chi connectivity index (χ4n) is 3.63. The maximum absolute atomic E-state index is 12.6. The summed E-state index contributed by atoms with van der Waals surface area (Å²) in [7, 11) is 0. The molecule has 0 saturated carbocycles. The maximum atomic E-state index is 12.6. The van der Waals surface area contributed by atoms with Crippen LogP contribution in [-0.2, 0) is 16.0 Å². The molecule has 1 aromatic heterocycles. The van der Waals surface area contributed by atoms with Gasteiger partial charge in [0.25, 0.3) is 0 Å². The average molecular weight is 485 g/mol. The molecule has 1 saturated heterocycles. The third-order valence-corrected chi connectivity index (χ3v) is 6.49. The molecule has 1 aliphatic rings. The zero-order valence-electron chi connectivity index (χ0n) is 16.7. The second kappa shape index (κ2) is 8.65. The van der Waals surface area contributed by atoms with Crippen molar-refractivity contribution >= 4 is 49.9 Å². The van der Waals surface area contributed by atoms with E-state index in [-0.39, 0.29) is 24.2 Å². The predicted molar refractivity (Wildman–Crippen MR) is 122 cm³/mol. The summed E-state index contributed by atoms with van der Waals surface area (Å²) in [5, 5.41) is 12.4. The molecule has 154 valence electrons. The van der Waals surface area contributed by atoms with Gasteiger partial charge in [0.15, 0.2) is 0 Å². The Morgan fingerprint density at radius 2 is 1.87 bits per heavy atom. The molecule has 0 radical (unpaired) electrons. The number of nitrogens with one attached hydrogen (secondary N) is 1. The van der Waals surface area contributed by atoms with E-state index in [0.717, 1.165) is 31.9 Å². The van der Waals surface area contributed by atoms with Crippen LogP contribution in [0.25, 0.3) is 0 Å². The number of halogens is 1. The Hall–Kier alpha value is -2.58. The van der Waals surface area contributed by atoms with Crippen LogP contribution in [-0.4, -0.2) is 28.6 Å². The molecule has 30 heavy (non-hydrogen) atoms. The van der Waals surface area contributed by atoms with Crippen LogP contribution in [0.2, 0.25) is 0 Å². The van der Waals surface area contributed by atoms with Gasteiger partial charge in [-0.05, 0) is 54.8 Å². The number of rotatable bonds is 5. The molecule has 2 amide bonds. The van der Waals surface area contributed by atoms with Crippen LogP contribution in [0.15, 0.2) is 46.9 Å². The van der Waals surface area contributed by atoms with Gasteiger partial charge in [-0.25, -0.2) is 0 Å². The number of benzene rings is 2. The number of aromatic nitrogens is 2. The van der Waals surface area contributed by atoms with Crippen LogP contribution < -0.4 is 10.2 Å². The van der Waals surface area contributed by atoms with Crippen molar-refractivity contribution in [2.45, 2.75) is 32.6 Å². The molecule has 1 atom stereocenters. The van der Waals surface area contributed by atoms with Crippen molar-refractivity contribution in [2.24, 2.45) is 0 Å². The fraction of sp³-hybridized carbons (Fsp3) is 0.273. The lowest BCUT2D eigenvalue weighted by atomic mass is 10.1. The number of aryl methyl sites for hydroxylation is 2. The Kier molecular flexibility index (Phi) is 5.97. The first-order valence-corrected chi connectivity index (χ1v) is 11.2. The second-order valence-corrected chi connectivity index (χ2v) is 9.47. The molecule has 2 aromatic carbocycles. The van der Waals surface area contributed by atoms with Crippen LogP contribution in [0.3, 0.4) is 0 Å². The minimum absolute atomic E-state index is 0.0204. The first-order valence-electron chi connectivity index (χ1n) is 9.64. The highest BCUT2D eigenvalue weighted by molar-refractivity contribution is 9.10. The summed E-state index contributed by atoms with van der Waals surface area (Å²) in [5.74, 6) is -0.0756. The topological polar surface area (TPSA) is 75.2 Å². The van der Waals surface area contributed by atoms with Crippen molar-refractivity contribution in [3.8, 4) is 0 Å². The van der Waals surface area contributed by atoms with E-state index in [2.05, 4.69) is 37.5 Å². The van der Waals surface area contributed by atoms with Gasteiger partial charge in [-0.3, -0.25) is 9.59 Å². The van der Waals surface area contributed by atoms with Crippen LogP contribution in [0.1, 0.15) is 34.0 Å². The van der Waals surface area contributed by atoms with E-state index in [1.165, 1.54) is 11.3 Å². The van der Waals surface area contributed by atoms with Crippen molar-refractivity contribution in [3.05, 3.63) is 68.6 Å². The second-order valence-electron chi connectivity index (χ2n) is 7.55. The molecule has 2 heterocycles. The Morgan fingerprint density at radius 3 is 2.57 bits per heavy atom. The van der Waals surface area contributed by atoms with E-state index in [4.69, 9.17) is 0 Å². The first kappa shape index (κ1) is 20.7. The Morgan fingerprint density at radius 1 is 1.17 bits per heavy atom. The zero-order valence-corrected chi connectivity index (χ0v) is 19.1. The van der Waals surface area contributed by atoms with Crippen molar-refractivity contribution in [2.75, 3.05) is 16.8 Å². The molecular weight excluding hydrogens is 464 g/mol. The summed E-state index contributed by atoms with van der Waals surface area (Å²) in [6.45, 7) is 4.63. The van der Waals surface area contributed by atoms with Crippen molar-refractivity contribution in [1.82, 2.24) is 10.2 Å². The largest absolute Gasteiger partial charge is 0.312 e. The average Bonchev–Trinajstić information content (AvgIpc) is 3.29. The number of hydrogen-bond acceptors (Lipinski definition) is 5. The lowest BCUT2D eigenvalue weighted by Crippen LogP contribution is -2.24. The Labute approximate surface area is 187 Å². The molecule has 8 heteroatoms. The third-order valence-electron chi connectivity index (χ3n) is 4.96. The van der Waals surface area contributed by atoms with Crippen LogP contribution in [0.5, 0.6) is 0 Å². The zero-order chi connectivity index (χ0) is 21.3. The van der Waals surface area contributed by atoms with Crippen molar-refractivity contribution in [1.29, 1.82) is 0 Å². The van der Waals surface area contributed by atoms with Crippen LogP contribution in [0.4, 0.5) is 10.8 Å². The molecule has 4 rings (SSSR count). The van der Waals surface area contributed by atoms with E-state index in [9.17, 15) is 9.59 Å². The first-order chi connectivity index (χ1) is 14.4. The van der Waals surface area contributed by atoms with Crippen molar-refractivity contribution in [3.63, 3.8) is 0 Å². The van der Waals surface area contributed by atoms with Gasteiger partial charge in [-0.2, -0.15) is 0 Å². The molecule has 0 aliphatic carbocycles. The minimum Gasteiger partial charge on any atom is -0.312 e. The number of carbonyl (C=O) groups is 2. The SMILES string of the molecule is Cc1cc(C)cc(N2CC(c3nnc(NC(=O)Cc4ccc(Br)cc4)s3)CC2=O)c1. The number of hydrogen-bond donors (Lipinski definition) is 1. The van der Waals surface area contributed by atoms with Crippen LogP contribution in [0, 0.1) is 13.8 Å². The third kappa shape index (κ3) is 4.76. The summed E-state index contributed by atoms with van der Waals surface area (Å²) in [6.07, 6.45) is 0.666. The van der Waals surface area contributed by atoms with E-state index < -0.39 is 0 Å². The lowest BCUT2D eigenvalue weighted by molar-refractivity contribution is -0.117. The standard InChI is InChI=1S/C22H21BrN4O2S/c1-13-7-14(2)9-18(8-13)27-12-16(11-20(27)29)21-25-26-22(30-21)24-19(28)10-15-3-5-17(23)6-4-15/h3-9,16H,10-12H2,1-2H3,(H,24,26,28). The van der Waals surface area contributed by atoms with Gasteiger partial charge < -0.3 is 10.2 Å². The van der Waals surface area contributed by atoms with E-state index >= 15 is 0 Å². The predicted octanol–water partition coefficient (Wildman–Crippen LogP) is 4.62. The highest BCUT2D eigenvalue weighted by Gasteiger charge is 2.34. The Balaban J connectivity index is 1.40. The van der Waals surface area contributed by atoms with E-state index in [1.54, 1.807) is 0 Å². The highest BCUT2D eigenvalue weighted by Crippen LogP contribution is 2.34. The van der Waals surface area contributed by atoms with Crippen molar-refractivity contribution < 1.29 is 9.59 Å². The molecule has 3 aromatic rings. The van der Waals surface area contributed by atoms with E-state index in [1.807, 2.05) is 55.1 Å². The molecule has 1 aliphatic heterocycles. The molecule has 1 N–H and O–H groups in total. The summed E-state index contributed by atoms with van der Waals surface area (Å²) in [5.41, 5.74) is 4.11. The molecule has 6 nitrogen and oxygen atoms in total. The molecule has 1 fully saturated rings. The van der Waals surface area contributed by atoms with Gasteiger partial charge in [0.05, 0.1) is 6.42 Å². The number of anilines is 2. The van der Waals surface area contributed by atoms with Gasteiger partial charge in [-0.1, -0.05) is 45.5 Å². The van der Waals surface area contributed by atoms with Gasteiger partial charge in [0, 0.05) is 29.0 Å². The molecule has 1 unspecified atom stereocenters. The Bertz CT molecular complexity index is 1080. The fourth-order valence-corrected chi connectivity index (χ4v) is 4.75.